The van der Waals surface area contributed by atoms with Crippen LogP contribution in [0.3, 0.4) is 0 Å². The summed E-state index contributed by atoms with van der Waals surface area (Å²) in [5, 5.41) is 12.1. The van der Waals surface area contributed by atoms with Crippen LogP contribution in [0.2, 0.25) is 0 Å². The van der Waals surface area contributed by atoms with E-state index in [2.05, 4.69) is 26.2 Å². The lowest BCUT2D eigenvalue weighted by Gasteiger charge is -2.09. The maximum absolute atomic E-state index is 12.3. The zero-order valence-corrected chi connectivity index (χ0v) is 15.3. The molecule has 0 aliphatic heterocycles. The number of anilines is 2. The van der Waals surface area contributed by atoms with Crippen LogP contribution >= 0.6 is 27.7 Å². The largest absolute Gasteiger partial charge is 0.508 e. The minimum absolute atomic E-state index is 0.214. The summed E-state index contributed by atoms with van der Waals surface area (Å²) >= 11 is 4.76. The van der Waals surface area contributed by atoms with Gasteiger partial charge >= 0.3 is 0 Å². The lowest BCUT2D eigenvalue weighted by Crippen LogP contribution is -2.13. The van der Waals surface area contributed by atoms with Crippen molar-refractivity contribution in [1.29, 1.82) is 0 Å². The molecule has 0 bridgehead atoms. The summed E-state index contributed by atoms with van der Waals surface area (Å²) in [6.45, 7) is 0. The Bertz CT molecular complexity index is 899. The van der Waals surface area contributed by atoms with Gasteiger partial charge in [0.15, 0.2) is 0 Å². The summed E-state index contributed by atoms with van der Waals surface area (Å²) in [7, 11) is 0. The maximum atomic E-state index is 12.3. The number of aromatic hydroxyl groups is 1. The normalized spacial score (nSPS) is 10.4. The van der Waals surface area contributed by atoms with Gasteiger partial charge in [-0.25, -0.2) is 4.98 Å². The molecule has 0 aliphatic carbocycles. The first-order chi connectivity index (χ1) is 12.0. The van der Waals surface area contributed by atoms with Gasteiger partial charge in [0.2, 0.25) is 0 Å². The highest BCUT2D eigenvalue weighted by Gasteiger charge is 2.10. The Morgan fingerprint density at radius 3 is 2.52 bits per heavy atom. The molecular formula is C18H14BrN3O2S. The van der Waals surface area contributed by atoms with E-state index in [9.17, 15) is 9.90 Å². The number of nitrogens with two attached hydrogens (primary N) is 1. The molecule has 1 amide bonds. The Hall–Kier alpha value is -2.51. The molecule has 0 saturated carbocycles. The monoisotopic (exact) mass is 415 g/mol. The van der Waals surface area contributed by atoms with Crippen molar-refractivity contribution in [1.82, 2.24) is 4.98 Å². The van der Waals surface area contributed by atoms with Gasteiger partial charge in [-0.1, -0.05) is 11.8 Å². The van der Waals surface area contributed by atoms with Crippen molar-refractivity contribution in [3.8, 4) is 5.75 Å². The number of carbonyl (C=O) groups excluding carboxylic acids is 1. The Labute approximate surface area is 157 Å². The van der Waals surface area contributed by atoms with E-state index in [0.717, 1.165) is 14.3 Å². The number of halogens is 1. The molecule has 7 heteroatoms. The Balaban J connectivity index is 1.73. The fourth-order valence-electron chi connectivity index (χ4n) is 2.06. The summed E-state index contributed by atoms with van der Waals surface area (Å²) in [5.74, 6) is 0.405. The van der Waals surface area contributed by atoms with Crippen LogP contribution in [0.15, 0.2) is 75.1 Å². The van der Waals surface area contributed by atoms with Crippen LogP contribution < -0.4 is 11.1 Å². The number of nitrogens with zero attached hydrogens (tertiary/aromatic N) is 1. The molecule has 5 nitrogen and oxygen atoms in total. The first-order valence-corrected chi connectivity index (χ1v) is 8.91. The summed E-state index contributed by atoms with van der Waals surface area (Å²) in [5.41, 5.74) is 7.04. The number of benzene rings is 2. The number of hydrogen-bond acceptors (Lipinski definition) is 5. The van der Waals surface area contributed by atoms with Crippen molar-refractivity contribution in [2.45, 2.75) is 9.79 Å². The van der Waals surface area contributed by atoms with Gasteiger partial charge in [0, 0.05) is 31.7 Å². The van der Waals surface area contributed by atoms with Gasteiger partial charge in [-0.2, -0.15) is 0 Å². The summed E-state index contributed by atoms with van der Waals surface area (Å²) in [6.07, 6.45) is 1.61. The fourth-order valence-corrected chi connectivity index (χ4v) is 3.14. The van der Waals surface area contributed by atoms with Crippen molar-refractivity contribution in [2.75, 3.05) is 11.1 Å². The fraction of sp³-hybridized carbons (Fsp3) is 0. The van der Waals surface area contributed by atoms with Crippen LogP contribution in [-0.2, 0) is 0 Å². The average Bonchev–Trinajstić information content (AvgIpc) is 2.60. The predicted molar refractivity (Wildman–Crippen MR) is 103 cm³/mol. The van der Waals surface area contributed by atoms with Crippen molar-refractivity contribution < 1.29 is 9.90 Å². The highest BCUT2D eigenvalue weighted by molar-refractivity contribution is 9.10. The molecule has 0 atom stereocenters. The van der Waals surface area contributed by atoms with Crippen LogP contribution in [0.4, 0.5) is 11.5 Å². The number of hydrogen-bond donors (Lipinski definition) is 3. The van der Waals surface area contributed by atoms with Crippen molar-refractivity contribution in [2.24, 2.45) is 0 Å². The molecule has 1 aromatic heterocycles. The second-order valence-corrected chi connectivity index (χ2v) is 7.20. The van der Waals surface area contributed by atoms with Crippen LogP contribution in [0.5, 0.6) is 5.75 Å². The maximum Gasteiger partial charge on any atom is 0.256 e. The minimum Gasteiger partial charge on any atom is -0.508 e. The third-order valence-corrected chi connectivity index (χ3v) is 4.87. The smallest absolute Gasteiger partial charge is 0.256 e. The number of carbonyl (C=O) groups is 1. The molecule has 0 fully saturated rings. The topological polar surface area (TPSA) is 88.2 Å². The Morgan fingerprint density at radius 1 is 1.12 bits per heavy atom. The molecule has 2 aromatic carbocycles. The lowest BCUT2D eigenvalue weighted by molar-refractivity contribution is 0.102. The number of phenolic OH excluding ortho intramolecular Hbond substituents is 1. The second kappa shape index (κ2) is 7.58. The summed E-state index contributed by atoms with van der Waals surface area (Å²) < 4.78 is 0.838. The molecule has 3 aromatic rings. The van der Waals surface area contributed by atoms with Gasteiger partial charge in [0.1, 0.15) is 11.6 Å². The van der Waals surface area contributed by atoms with Crippen molar-refractivity contribution in [3.63, 3.8) is 0 Å². The highest BCUT2D eigenvalue weighted by atomic mass is 79.9. The number of nitrogens with one attached hydrogen (secondary N) is 1. The van der Waals surface area contributed by atoms with Gasteiger partial charge in [-0.3, -0.25) is 4.79 Å². The van der Waals surface area contributed by atoms with Crippen LogP contribution in [-0.4, -0.2) is 16.0 Å². The summed E-state index contributed by atoms with van der Waals surface area (Å²) in [6, 6.07) is 15.5. The zero-order valence-electron chi connectivity index (χ0n) is 12.9. The van der Waals surface area contributed by atoms with Crippen LogP contribution in [0.1, 0.15) is 10.4 Å². The van der Waals surface area contributed by atoms with E-state index in [1.54, 1.807) is 60.8 Å². The molecular weight excluding hydrogens is 402 g/mol. The van der Waals surface area contributed by atoms with Crippen molar-refractivity contribution in [3.05, 3.63) is 70.8 Å². The van der Waals surface area contributed by atoms with E-state index in [1.807, 2.05) is 0 Å². The SMILES string of the molecule is Nc1cc(C(=O)Nc2ccc(Br)cn2)ccc1Sc1ccc(O)cc1. The molecule has 0 unspecified atom stereocenters. The Morgan fingerprint density at radius 2 is 1.88 bits per heavy atom. The molecule has 0 aliphatic rings. The first-order valence-electron chi connectivity index (χ1n) is 7.30. The number of pyridine rings is 1. The molecule has 0 saturated heterocycles. The molecule has 0 spiro atoms. The first kappa shape index (κ1) is 17.3. The van der Waals surface area contributed by atoms with Gasteiger partial charge in [0.25, 0.3) is 5.91 Å². The standard InChI is InChI=1S/C18H14BrN3O2S/c19-12-2-8-17(21-10-12)22-18(24)11-1-7-16(15(20)9-11)25-14-5-3-13(23)4-6-14/h1-10,23H,20H2,(H,21,22,24). The van der Waals surface area contributed by atoms with E-state index >= 15 is 0 Å². The van der Waals surface area contributed by atoms with Gasteiger partial charge in [0.05, 0.1) is 0 Å². The third-order valence-electron chi connectivity index (χ3n) is 3.31. The van der Waals surface area contributed by atoms with E-state index < -0.39 is 0 Å². The Kier molecular flexibility index (Phi) is 5.25. The molecule has 25 heavy (non-hydrogen) atoms. The van der Waals surface area contributed by atoms with Gasteiger partial charge < -0.3 is 16.2 Å². The average molecular weight is 416 g/mol. The van der Waals surface area contributed by atoms with E-state index in [4.69, 9.17) is 5.73 Å². The third kappa shape index (κ3) is 4.52. The van der Waals surface area contributed by atoms with Crippen LogP contribution in [0, 0.1) is 0 Å². The lowest BCUT2D eigenvalue weighted by atomic mass is 10.2. The number of phenols is 1. The number of rotatable bonds is 4. The second-order valence-electron chi connectivity index (χ2n) is 5.16. The van der Waals surface area contributed by atoms with Crippen LogP contribution in [0.25, 0.3) is 0 Å². The van der Waals surface area contributed by atoms with Crippen molar-refractivity contribution >= 4 is 45.1 Å². The summed E-state index contributed by atoms with van der Waals surface area (Å²) in [4.78, 5) is 18.2. The number of amides is 1. The number of aromatic nitrogens is 1. The molecule has 126 valence electrons. The quantitative estimate of drug-likeness (QED) is 0.544. The van der Waals surface area contributed by atoms with E-state index in [-0.39, 0.29) is 11.7 Å². The minimum atomic E-state index is -0.275. The van der Waals surface area contributed by atoms with E-state index in [0.29, 0.717) is 17.1 Å². The molecule has 3 rings (SSSR count). The molecule has 1 heterocycles. The number of nitrogen functional groups attached to an aromatic ring is 1. The highest BCUT2D eigenvalue weighted by Crippen LogP contribution is 2.33. The molecule has 0 radical (unpaired) electrons. The van der Waals surface area contributed by atoms with E-state index in [1.165, 1.54) is 11.8 Å². The van der Waals surface area contributed by atoms with Gasteiger partial charge in [-0.15, -0.1) is 0 Å². The zero-order chi connectivity index (χ0) is 17.8. The molecule has 4 N–H and O–H groups in total. The predicted octanol–water partition coefficient (Wildman–Crippen LogP) is 4.54. The van der Waals surface area contributed by atoms with Gasteiger partial charge in [-0.05, 0) is 70.5 Å².